The van der Waals surface area contributed by atoms with E-state index in [-0.39, 0.29) is 15.6 Å². The smallest absolute Gasteiger partial charge is 0.206 e. The molecule has 0 saturated heterocycles. The molecule has 0 atom stereocenters. The van der Waals surface area contributed by atoms with Crippen molar-refractivity contribution in [3.63, 3.8) is 0 Å². The summed E-state index contributed by atoms with van der Waals surface area (Å²) in [5.74, 6) is -0.0698. The number of hydrogen-bond donors (Lipinski definition) is 4. The Kier molecular flexibility index (Phi) is 7.00. The van der Waals surface area contributed by atoms with Gasteiger partial charge in [-0.3, -0.25) is 4.79 Å². The average molecular weight is 461 g/mol. The SMILES string of the molecule is Nc1ccc(S(=O)(=O)c2ccc(N)cc2)cc1.Nc1cccc(C(=O)c2cccc(N)c2)c1. The van der Waals surface area contributed by atoms with Crippen LogP contribution in [0, 0.1) is 0 Å². The van der Waals surface area contributed by atoms with Crippen LogP contribution >= 0.6 is 0 Å². The number of ketones is 1. The highest BCUT2D eigenvalue weighted by Crippen LogP contribution is 2.22. The normalized spacial score (nSPS) is 10.7. The molecule has 33 heavy (non-hydrogen) atoms. The van der Waals surface area contributed by atoms with Crippen molar-refractivity contribution in [2.75, 3.05) is 22.9 Å². The highest BCUT2D eigenvalue weighted by atomic mass is 32.2. The molecule has 0 aliphatic heterocycles. The van der Waals surface area contributed by atoms with Crippen LogP contribution in [-0.2, 0) is 9.84 Å². The van der Waals surface area contributed by atoms with Gasteiger partial charge in [-0.2, -0.15) is 0 Å². The number of benzene rings is 4. The first-order chi connectivity index (χ1) is 15.7. The van der Waals surface area contributed by atoms with Crippen LogP contribution in [0.2, 0.25) is 0 Å². The average Bonchev–Trinajstić information content (AvgIpc) is 2.80. The molecule has 4 aromatic rings. The molecule has 0 saturated carbocycles. The summed E-state index contributed by atoms with van der Waals surface area (Å²) in [6.07, 6.45) is 0. The van der Waals surface area contributed by atoms with E-state index >= 15 is 0 Å². The molecule has 0 radical (unpaired) electrons. The third-order valence-corrected chi connectivity index (χ3v) is 6.46. The first kappa shape index (κ1) is 23.4. The van der Waals surface area contributed by atoms with Crippen molar-refractivity contribution in [3.8, 4) is 0 Å². The Morgan fingerprint density at radius 3 is 1.21 bits per heavy atom. The topological polar surface area (TPSA) is 155 Å². The Labute approximate surface area is 192 Å². The van der Waals surface area contributed by atoms with Gasteiger partial charge in [0.05, 0.1) is 9.79 Å². The second kappa shape index (κ2) is 9.88. The highest BCUT2D eigenvalue weighted by Gasteiger charge is 2.16. The van der Waals surface area contributed by atoms with E-state index in [2.05, 4.69) is 0 Å². The Morgan fingerprint density at radius 1 is 0.515 bits per heavy atom. The summed E-state index contributed by atoms with van der Waals surface area (Å²) in [5, 5.41) is 0. The number of nitrogens with two attached hydrogens (primary N) is 4. The number of carbonyl (C=O) groups excluding carboxylic acids is 1. The predicted octanol–water partition coefficient (Wildman–Crippen LogP) is 3.77. The third-order valence-electron chi connectivity index (χ3n) is 4.68. The van der Waals surface area contributed by atoms with Gasteiger partial charge in [0, 0.05) is 33.9 Å². The Balaban J connectivity index is 0.000000186. The van der Waals surface area contributed by atoms with E-state index in [1.165, 1.54) is 24.3 Å². The molecule has 0 aliphatic carbocycles. The fourth-order valence-corrected chi connectivity index (χ4v) is 4.22. The molecular weight excluding hydrogens is 436 g/mol. The summed E-state index contributed by atoms with van der Waals surface area (Å²) in [6, 6.07) is 26.0. The first-order valence-electron chi connectivity index (χ1n) is 9.89. The molecule has 7 nitrogen and oxygen atoms in total. The van der Waals surface area contributed by atoms with E-state index in [1.54, 1.807) is 72.8 Å². The summed E-state index contributed by atoms with van der Waals surface area (Å²) in [6.45, 7) is 0. The zero-order chi connectivity index (χ0) is 24.0. The second-order valence-corrected chi connectivity index (χ2v) is 9.17. The molecule has 8 N–H and O–H groups in total. The van der Waals surface area contributed by atoms with Crippen molar-refractivity contribution >= 4 is 38.4 Å². The molecule has 0 heterocycles. The first-order valence-corrected chi connectivity index (χ1v) is 11.4. The van der Waals surface area contributed by atoms with Gasteiger partial charge in [0.25, 0.3) is 0 Å². The molecule has 0 amide bonds. The van der Waals surface area contributed by atoms with E-state index in [4.69, 9.17) is 22.9 Å². The predicted molar refractivity (Wildman–Crippen MR) is 132 cm³/mol. The second-order valence-electron chi connectivity index (χ2n) is 7.22. The van der Waals surface area contributed by atoms with Gasteiger partial charge in [0.2, 0.25) is 9.84 Å². The third kappa shape index (κ3) is 5.90. The van der Waals surface area contributed by atoms with E-state index in [1.807, 2.05) is 0 Å². The van der Waals surface area contributed by atoms with Crippen LogP contribution in [0.4, 0.5) is 22.7 Å². The van der Waals surface area contributed by atoms with E-state index in [0.717, 1.165) is 0 Å². The van der Waals surface area contributed by atoms with Crippen molar-refractivity contribution in [2.45, 2.75) is 9.79 Å². The van der Waals surface area contributed by atoms with Gasteiger partial charge in [-0.05, 0) is 72.8 Å². The van der Waals surface area contributed by atoms with Crippen LogP contribution in [-0.4, -0.2) is 14.2 Å². The van der Waals surface area contributed by atoms with Gasteiger partial charge in [-0.25, -0.2) is 8.42 Å². The maximum absolute atomic E-state index is 12.2. The van der Waals surface area contributed by atoms with Crippen molar-refractivity contribution in [1.82, 2.24) is 0 Å². The van der Waals surface area contributed by atoms with Gasteiger partial charge >= 0.3 is 0 Å². The van der Waals surface area contributed by atoms with Crippen molar-refractivity contribution < 1.29 is 13.2 Å². The van der Waals surface area contributed by atoms with Crippen molar-refractivity contribution in [3.05, 3.63) is 108 Å². The molecule has 4 aromatic carbocycles. The lowest BCUT2D eigenvalue weighted by Crippen LogP contribution is -2.02. The summed E-state index contributed by atoms with van der Waals surface area (Å²) >= 11 is 0. The van der Waals surface area contributed by atoms with Gasteiger partial charge < -0.3 is 22.9 Å². The monoisotopic (exact) mass is 460 g/mol. The van der Waals surface area contributed by atoms with Gasteiger partial charge in [0.1, 0.15) is 0 Å². The number of rotatable bonds is 4. The summed E-state index contributed by atoms with van der Waals surface area (Å²) < 4.78 is 24.3. The van der Waals surface area contributed by atoms with Crippen molar-refractivity contribution in [1.29, 1.82) is 0 Å². The number of sulfone groups is 1. The molecule has 8 heteroatoms. The maximum atomic E-state index is 12.2. The molecule has 4 rings (SSSR count). The zero-order valence-corrected chi connectivity index (χ0v) is 18.5. The standard InChI is InChI=1S/C13H12N2O.C12H12N2O2S/c14-11-5-1-3-9(7-11)13(16)10-4-2-6-12(15)8-10;13-9-1-5-11(6-2-9)17(15,16)12-7-3-10(14)4-8-12/h1-8H,14-15H2;1-8H,13-14H2. The lowest BCUT2D eigenvalue weighted by Gasteiger charge is -2.05. The number of anilines is 4. The number of carbonyl (C=O) groups is 1. The molecule has 0 aliphatic rings. The summed E-state index contributed by atoms with van der Waals surface area (Å²) in [5.41, 5.74) is 25.7. The van der Waals surface area contributed by atoms with Crippen LogP contribution in [0.25, 0.3) is 0 Å². The molecular formula is C25H24N4O3S. The summed E-state index contributed by atoms with van der Waals surface area (Å²) in [7, 11) is -3.48. The Bertz CT molecular complexity index is 1270. The molecule has 0 unspecified atom stereocenters. The van der Waals surface area contributed by atoms with Gasteiger partial charge in [-0.15, -0.1) is 0 Å². The van der Waals surface area contributed by atoms with Gasteiger partial charge in [-0.1, -0.05) is 24.3 Å². The zero-order valence-electron chi connectivity index (χ0n) is 17.7. The maximum Gasteiger partial charge on any atom is 0.206 e. The van der Waals surface area contributed by atoms with Crippen LogP contribution in [0.15, 0.2) is 107 Å². The largest absolute Gasteiger partial charge is 0.399 e. The van der Waals surface area contributed by atoms with Crippen LogP contribution < -0.4 is 22.9 Å². The molecule has 0 spiro atoms. The van der Waals surface area contributed by atoms with Crippen LogP contribution in [0.1, 0.15) is 15.9 Å². The molecule has 0 bridgehead atoms. The molecule has 0 fully saturated rings. The van der Waals surface area contributed by atoms with E-state index < -0.39 is 9.84 Å². The Hall–Kier alpha value is -4.30. The molecule has 0 aromatic heterocycles. The lowest BCUT2D eigenvalue weighted by atomic mass is 10.0. The number of nitrogen functional groups attached to an aromatic ring is 4. The summed E-state index contributed by atoms with van der Waals surface area (Å²) in [4.78, 5) is 12.5. The number of hydrogen-bond acceptors (Lipinski definition) is 7. The van der Waals surface area contributed by atoms with Crippen molar-refractivity contribution in [2.24, 2.45) is 0 Å². The van der Waals surface area contributed by atoms with Gasteiger partial charge in [0.15, 0.2) is 5.78 Å². The minimum atomic E-state index is -3.48. The van der Waals surface area contributed by atoms with E-state index in [0.29, 0.717) is 33.9 Å². The Morgan fingerprint density at radius 2 is 0.879 bits per heavy atom. The van der Waals surface area contributed by atoms with Crippen LogP contribution in [0.3, 0.4) is 0 Å². The fourth-order valence-electron chi connectivity index (χ4n) is 2.96. The quantitative estimate of drug-likeness (QED) is 0.267. The van der Waals surface area contributed by atoms with Crippen LogP contribution in [0.5, 0.6) is 0 Å². The molecule has 168 valence electrons. The minimum Gasteiger partial charge on any atom is -0.399 e. The highest BCUT2D eigenvalue weighted by molar-refractivity contribution is 7.91. The lowest BCUT2D eigenvalue weighted by molar-refractivity contribution is 0.103. The van der Waals surface area contributed by atoms with E-state index in [9.17, 15) is 13.2 Å². The minimum absolute atomic E-state index is 0.0698. The fraction of sp³-hybridized carbons (Fsp3) is 0.